The van der Waals surface area contributed by atoms with Gasteiger partial charge in [-0.05, 0) is 50.1 Å². The molecular weight excluding hydrogens is 346 g/mol. The van der Waals surface area contributed by atoms with Gasteiger partial charge in [0.15, 0.2) is 12.7 Å². The van der Waals surface area contributed by atoms with Crippen LogP contribution in [-0.4, -0.2) is 37.7 Å². The first kappa shape index (κ1) is 20.3. The minimum Gasteiger partial charge on any atom is -0.494 e. The number of carbonyl (C=O) groups is 2. The van der Waals surface area contributed by atoms with Crippen LogP contribution in [0.15, 0.2) is 54.6 Å². The Morgan fingerprint density at radius 1 is 0.963 bits per heavy atom. The SMILES string of the molecule is CCOc1ccc(OCC(=O)OC(C)C(=O)NCCc2ccccc2)cc1. The molecule has 0 bridgehead atoms. The summed E-state index contributed by atoms with van der Waals surface area (Å²) in [7, 11) is 0. The molecule has 27 heavy (non-hydrogen) atoms. The third kappa shape index (κ3) is 7.40. The second-order valence-corrected chi connectivity index (χ2v) is 5.85. The number of rotatable bonds is 10. The van der Waals surface area contributed by atoms with Crippen molar-refractivity contribution < 1.29 is 23.8 Å². The summed E-state index contributed by atoms with van der Waals surface area (Å²) in [5.74, 6) is 0.318. The molecule has 144 valence electrons. The molecule has 6 nitrogen and oxygen atoms in total. The zero-order chi connectivity index (χ0) is 19.5. The smallest absolute Gasteiger partial charge is 0.344 e. The molecule has 6 heteroatoms. The minimum atomic E-state index is -0.878. The molecule has 0 aromatic heterocycles. The molecule has 1 N–H and O–H groups in total. The van der Waals surface area contributed by atoms with Crippen LogP contribution in [0.2, 0.25) is 0 Å². The van der Waals surface area contributed by atoms with Crippen molar-refractivity contribution in [1.82, 2.24) is 5.32 Å². The molecule has 0 heterocycles. The summed E-state index contributed by atoms with van der Waals surface area (Å²) < 4.78 is 15.8. The summed E-state index contributed by atoms with van der Waals surface area (Å²) in [6, 6.07) is 16.8. The maximum absolute atomic E-state index is 12.0. The lowest BCUT2D eigenvalue weighted by molar-refractivity contribution is -0.156. The Kier molecular flexibility index (Phi) is 8.16. The topological polar surface area (TPSA) is 73.9 Å². The average Bonchev–Trinajstić information content (AvgIpc) is 2.68. The largest absolute Gasteiger partial charge is 0.494 e. The quantitative estimate of drug-likeness (QED) is 0.650. The molecule has 2 rings (SSSR count). The van der Waals surface area contributed by atoms with E-state index >= 15 is 0 Å². The van der Waals surface area contributed by atoms with Crippen LogP contribution in [-0.2, 0) is 20.7 Å². The third-order valence-corrected chi connectivity index (χ3v) is 3.72. The lowest BCUT2D eigenvalue weighted by atomic mass is 10.1. The Bertz CT molecular complexity index is 715. The van der Waals surface area contributed by atoms with E-state index < -0.39 is 12.1 Å². The van der Waals surface area contributed by atoms with Crippen molar-refractivity contribution in [3.8, 4) is 11.5 Å². The number of hydrogen-bond acceptors (Lipinski definition) is 5. The minimum absolute atomic E-state index is 0.268. The lowest BCUT2D eigenvalue weighted by Gasteiger charge is -2.14. The van der Waals surface area contributed by atoms with Gasteiger partial charge in [-0.15, -0.1) is 0 Å². The average molecular weight is 371 g/mol. The fourth-order valence-electron chi connectivity index (χ4n) is 2.34. The van der Waals surface area contributed by atoms with Gasteiger partial charge in [-0.3, -0.25) is 4.79 Å². The summed E-state index contributed by atoms with van der Waals surface area (Å²) in [5, 5.41) is 2.76. The van der Waals surface area contributed by atoms with Crippen molar-refractivity contribution in [1.29, 1.82) is 0 Å². The Morgan fingerprint density at radius 3 is 2.22 bits per heavy atom. The van der Waals surface area contributed by atoms with Crippen LogP contribution in [0, 0.1) is 0 Å². The van der Waals surface area contributed by atoms with E-state index in [-0.39, 0.29) is 12.5 Å². The van der Waals surface area contributed by atoms with Crippen LogP contribution in [0.1, 0.15) is 19.4 Å². The first-order valence-corrected chi connectivity index (χ1v) is 8.95. The molecule has 2 aromatic carbocycles. The molecule has 0 aliphatic carbocycles. The van der Waals surface area contributed by atoms with Crippen LogP contribution < -0.4 is 14.8 Å². The van der Waals surface area contributed by atoms with Crippen molar-refractivity contribution in [3.05, 3.63) is 60.2 Å². The van der Waals surface area contributed by atoms with Gasteiger partial charge in [0, 0.05) is 6.54 Å². The molecule has 0 spiro atoms. The molecule has 0 radical (unpaired) electrons. The highest BCUT2D eigenvalue weighted by Crippen LogP contribution is 2.17. The Morgan fingerprint density at radius 2 is 1.59 bits per heavy atom. The molecule has 0 saturated heterocycles. The number of nitrogens with one attached hydrogen (secondary N) is 1. The van der Waals surface area contributed by atoms with Crippen molar-refractivity contribution >= 4 is 11.9 Å². The Hall–Kier alpha value is -3.02. The predicted octanol–water partition coefficient (Wildman–Crippen LogP) is 2.75. The van der Waals surface area contributed by atoms with Gasteiger partial charge in [0.05, 0.1) is 6.61 Å². The zero-order valence-electron chi connectivity index (χ0n) is 15.6. The van der Waals surface area contributed by atoms with Gasteiger partial charge in [-0.2, -0.15) is 0 Å². The van der Waals surface area contributed by atoms with Crippen molar-refractivity contribution in [3.63, 3.8) is 0 Å². The summed E-state index contributed by atoms with van der Waals surface area (Å²) in [6.45, 7) is 4.23. The first-order valence-electron chi connectivity index (χ1n) is 8.95. The number of hydrogen-bond donors (Lipinski definition) is 1. The van der Waals surface area contributed by atoms with Crippen LogP contribution >= 0.6 is 0 Å². The zero-order valence-corrected chi connectivity index (χ0v) is 15.6. The molecular formula is C21H25NO5. The van der Waals surface area contributed by atoms with Crippen LogP contribution in [0.4, 0.5) is 0 Å². The van der Waals surface area contributed by atoms with E-state index in [0.29, 0.717) is 25.3 Å². The lowest BCUT2D eigenvalue weighted by Crippen LogP contribution is -2.37. The normalized spacial score (nSPS) is 11.3. The number of ether oxygens (including phenoxy) is 3. The highest BCUT2D eigenvalue weighted by molar-refractivity contribution is 5.83. The van der Waals surface area contributed by atoms with E-state index in [4.69, 9.17) is 14.2 Å². The predicted molar refractivity (Wildman–Crippen MR) is 102 cm³/mol. The van der Waals surface area contributed by atoms with Gasteiger partial charge < -0.3 is 19.5 Å². The molecule has 2 aromatic rings. The highest BCUT2D eigenvalue weighted by Gasteiger charge is 2.17. The molecule has 1 unspecified atom stereocenters. The van der Waals surface area contributed by atoms with Crippen LogP contribution in [0.3, 0.4) is 0 Å². The standard InChI is InChI=1S/C21H25NO5/c1-3-25-18-9-11-19(12-10-18)26-15-20(23)27-16(2)21(24)22-14-13-17-7-5-4-6-8-17/h4-12,16H,3,13-15H2,1-2H3,(H,22,24). The van der Waals surface area contributed by atoms with E-state index in [9.17, 15) is 9.59 Å². The van der Waals surface area contributed by atoms with Crippen molar-refractivity contribution in [2.24, 2.45) is 0 Å². The molecule has 1 amide bonds. The highest BCUT2D eigenvalue weighted by atomic mass is 16.6. The Balaban J connectivity index is 1.67. The summed E-state index contributed by atoms with van der Waals surface area (Å²) in [5.41, 5.74) is 1.13. The molecule has 0 fully saturated rings. The van der Waals surface area contributed by atoms with Gasteiger partial charge in [0.25, 0.3) is 5.91 Å². The van der Waals surface area contributed by atoms with E-state index in [1.54, 1.807) is 24.3 Å². The van der Waals surface area contributed by atoms with E-state index in [1.165, 1.54) is 6.92 Å². The maximum Gasteiger partial charge on any atom is 0.344 e. The number of esters is 1. The van der Waals surface area contributed by atoms with Gasteiger partial charge in [-0.25, -0.2) is 4.79 Å². The van der Waals surface area contributed by atoms with E-state index in [1.807, 2.05) is 37.3 Å². The summed E-state index contributed by atoms with van der Waals surface area (Å²) in [4.78, 5) is 23.8. The fourth-order valence-corrected chi connectivity index (χ4v) is 2.34. The van der Waals surface area contributed by atoms with Crippen molar-refractivity contribution in [2.45, 2.75) is 26.4 Å². The molecule has 1 atom stereocenters. The summed E-state index contributed by atoms with van der Waals surface area (Å²) >= 11 is 0. The second-order valence-electron chi connectivity index (χ2n) is 5.85. The van der Waals surface area contributed by atoms with Crippen LogP contribution in [0.25, 0.3) is 0 Å². The third-order valence-electron chi connectivity index (χ3n) is 3.72. The van der Waals surface area contributed by atoms with Gasteiger partial charge >= 0.3 is 5.97 Å². The van der Waals surface area contributed by atoms with Gasteiger partial charge in [0.1, 0.15) is 11.5 Å². The second kappa shape index (κ2) is 10.9. The van der Waals surface area contributed by atoms with E-state index in [2.05, 4.69) is 5.32 Å². The number of carbonyl (C=O) groups excluding carboxylic acids is 2. The van der Waals surface area contributed by atoms with Gasteiger partial charge in [-0.1, -0.05) is 30.3 Å². The molecule has 0 saturated carbocycles. The Labute approximate surface area is 159 Å². The monoisotopic (exact) mass is 371 g/mol. The first-order chi connectivity index (χ1) is 13.1. The number of benzene rings is 2. The van der Waals surface area contributed by atoms with E-state index in [0.717, 1.165) is 11.3 Å². The molecule has 0 aliphatic heterocycles. The van der Waals surface area contributed by atoms with Gasteiger partial charge in [0.2, 0.25) is 0 Å². The maximum atomic E-state index is 12.0. The molecule has 0 aliphatic rings. The fraction of sp³-hybridized carbons (Fsp3) is 0.333. The van der Waals surface area contributed by atoms with Crippen LogP contribution in [0.5, 0.6) is 11.5 Å². The van der Waals surface area contributed by atoms with Crippen molar-refractivity contribution in [2.75, 3.05) is 19.8 Å². The number of amides is 1. The summed E-state index contributed by atoms with van der Waals surface area (Å²) in [6.07, 6.45) is -0.161.